The average molecular weight is 432 g/mol. The van der Waals surface area contributed by atoms with E-state index in [0.717, 1.165) is 61.0 Å². The van der Waals surface area contributed by atoms with Crippen molar-refractivity contribution in [1.82, 2.24) is 29.9 Å². The van der Waals surface area contributed by atoms with Gasteiger partial charge in [0.15, 0.2) is 0 Å². The lowest BCUT2D eigenvalue weighted by Gasteiger charge is -2.14. The Morgan fingerprint density at radius 3 is 2.70 bits per heavy atom. The third-order valence-corrected chi connectivity index (χ3v) is 5.79. The number of hydrogen-bond donors (Lipinski definition) is 3. The van der Waals surface area contributed by atoms with E-state index in [4.69, 9.17) is 0 Å². The van der Waals surface area contributed by atoms with Gasteiger partial charge in [-0.3, -0.25) is 0 Å². The van der Waals surface area contributed by atoms with Crippen LogP contribution in [0.4, 0.5) is 17.5 Å². The van der Waals surface area contributed by atoms with Gasteiger partial charge in [0.05, 0.1) is 28.4 Å². The molecule has 0 spiro atoms. The van der Waals surface area contributed by atoms with Gasteiger partial charge in [0.2, 0.25) is 5.95 Å². The fourth-order valence-corrected chi connectivity index (χ4v) is 4.15. The highest BCUT2D eigenvalue weighted by molar-refractivity contribution is 6.02. The third kappa shape index (κ3) is 3.28. The summed E-state index contributed by atoms with van der Waals surface area (Å²) in [6.07, 6.45) is 5.13. The van der Waals surface area contributed by atoms with E-state index in [1.54, 1.807) is 12.7 Å². The smallest absolute Gasteiger partial charge is 0.222 e. The average Bonchev–Trinajstić information content (AvgIpc) is 3.31. The molecule has 3 aromatic heterocycles. The molecule has 0 aliphatic heterocycles. The standard InChI is InChI=1S/C25H20N8/c1-14-3-6-18-23(22(14)15-4-7-19-16(9-15)11-27-25(26-2)33-19)30-13-31-24(18)32-17-5-8-20-21(10-17)29-12-28-20/h3-13H,1-2H3,(H,28,29)(H,26,27,33)(H,30,31,32). The van der Waals surface area contributed by atoms with Crippen LogP contribution in [-0.4, -0.2) is 37.0 Å². The molecule has 0 aliphatic carbocycles. The first kappa shape index (κ1) is 19.1. The minimum Gasteiger partial charge on any atom is -0.357 e. The number of benzene rings is 3. The largest absolute Gasteiger partial charge is 0.357 e. The van der Waals surface area contributed by atoms with Crippen molar-refractivity contribution in [2.45, 2.75) is 6.92 Å². The monoisotopic (exact) mass is 432 g/mol. The number of nitrogens with zero attached hydrogens (tertiary/aromatic N) is 5. The summed E-state index contributed by atoms with van der Waals surface area (Å²) in [6, 6.07) is 16.4. The second-order valence-corrected chi connectivity index (χ2v) is 7.85. The van der Waals surface area contributed by atoms with Crippen molar-refractivity contribution >= 4 is 50.3 Å². The highest BCUT2D eigenvalue weighted by Crippen LogP contribution is 2.35. The van der Waals surface area contributed by atoms with Gasteiger partial charge in [-0.15, -0.1) is 0 Å². The molecule has 6 rings (SSSR count). The molecule has 0 saturated carbocycles. The van der Waals surface area contributed by atoms with Crippen LogP contribution in [0.2, 0.25) is 0 Å². The molecule has 0 unspecified atom stereocenters. The Hall–Kier alpha value is -4.59. The summed E-state index contributed by atoms with van der Waals surface area (Å²) in [5, 5.41) is 8.35. The highest BCUT2D eigenvalue weighted by atomic mass is 15.1. The summed E-state index contributed by atoms with van der Waals surface area (Å²) in [5.41, 5.74) is 7.87. The molecule has 0 bridgehead atoms. The normalized spacial score (nSPS) is 11.3. The highest BCUT2D eigenvalue weighted by Gasteiger charge is 2.14. The van der Waals surface area contributed by atoms with E-state index in [9.17, 15) is 0 Å². The van der Waals surface area contributed by atoms with Gasteiger partial charge in [-0.2, -0.15) is 0 Å². The zero-order chi connectivity index (χ0) is 22.4. The van der Waals surface area contributed by atoms with Gasteiger partial charge in [-0.05, 0) is 54.4 Å². The molecule has 0 atom stereocenters. The predicted octanol–water partition coefficient (Wildman–Crippen LogP) is 5.21. The van der Waals surface area contributed by atoms with Crippen LogP contribution in [0.5, 0.6) is 0 Å². The number of fused-ring (bicyclic) bond motifs is 3. The van der Waals surface area contributed by atoms with E-state index in [2.05, 4.69) is 71.7 Å². The molecule has 3 N–H and O–H groups in total. The maximum atomic E-state index is 4.66. The second kappa shape index (κ2) is 7.52. The molecule has 3 heterocycles. The predicted molar refractivity (Wildman–Crippen MR) is 132 cm³/mol. The molecule has 0 saturated heterocycles. The van der Waals surface area contributed by atoms with E-state index in [1.165, 1.54) is 0 Å². The van der Waals surface area contributed by atoms with Crippen LogP contribution in [0.25, 0.3) is 44.0 Å². The van der Waals surface area contributed by atoms with Crippen molar-refractivity contribution in [1.29, 1.82) is 0 Å². The van der Waals surface area contributed by atoms with Gasteiger partial charge in [-0.1, -0.05) is 12.1 Å². The van der Waals surface area contributed by atoms with Gasteiger partial charge >= 0.3 is 0 Å². The first-order valence-electron chi connectivity index (χ1n) is 10.6. The van der Waals surface area contributed by atoms with E-state index in [1.807, 2.05) is 37.5 Å². The number of aromatic nitrogens is 6. The summed E-state index contributed by atoms with van der Waals surface area (Å²) in [6.45, 7) is 2.10. The Balaban J connectivity index is 1.47. The number of nitrogens with one attached hydrogen (secondary N) is 3. The fraction of sp³-hybridized carbons (Fsp3) is 0.0800. The lowest BCUT2D eigenvalue weighted by atomic mass is 9.96. The molecule has 0 fully saturated rings. The topological polar surface area (TPSA) is 104 Å². The Kier molecular flexibility index (Phi) is 4.36. The lowest BCUT2D eigenvalue weighted by molar-refractivity contribution is 1.19. The zero-order valence-electron chi connectivity index (χ0n) is 18.1. The van der Waals surface area contributed by atoms with Crippen LogP contribution in [0.1, 0.15) is 5.56 Å². The van der Waals surface area contributed by atoms with E-state index in [-0.39, 0.29) is 0 Å². The quantitative estimate of drug-likeness (QED) is 0.351. The number of hydrogen-bond acceptors (Lipinski definition) is 7. The van der Waals surface area contributed by atoms with Crippen LogP contribution >= 0.6 is 0 Å². The molecular formula is C25H20N8. The molecule has 6 aromatic rings. The maximum absolute atomic E-state index is 4.66. The van der Waals surface area contributed by atoms with Crippen molar-refractivity contribution in [2.75, 3.05) is 17.7 Å². The molecule has 8 nitrogen and oxygen atoms in total. The molecule has 3 aromatic carbocycles. The molecule has 0 radical (unpaired) electrons. The van der Waals surface area contributed by atoms with Crippen LogP contribution < -0.4 is 10.6 Å². The second-order valence-electron chi connectivity index (χ2n) is 7.85. The first-order chi connectivity index (χ1) is 16.2. The zero-order valence-corrected chi connectivity index (χ0v) is 18.1. The summed E-state index contributed by atoms with van der Waals surface area (Å²) in [7, 11) is 1.81. The Labute approximate surface area is 189 Å². The first-order valence-corrected chi connectivity index (χ1v) is 10.6. The molecule has 8 heteroatoms. The van der Waals surface area contributed by atoms with Gasteiger partial charge < -0.3 is 15.6 Å². The van der Waals surface area contributed by atoms with Crippen molar-refractivity contribution in [3.63, 3.8) is 0 Å². The number of aryl methyl sites for hydroxylation is 1. The third-order valence-electron chi connectivity index (χ3n) is 5.79. The summed E-state index contributed by atoms with van der Waals surface area (Å²) in [5.74, 6) is 1.36. The molecule has 0 amide bonds. The Morgan fingerprint density at radius 2 is 1.79 bits per heavy atom. The minimum absolute atomic E-state index is 0.605. The molecular weight excluding hydrogens is 412 g/mol. The van der Waals surface area contributed by atoms with Crippen LogP contribution in [-0.2, 0) is 0 Å². The number of rotatable bonds is 4. The van der Waals surface area contributed by atoms with Crippen LogP contribution in [0.15, 0.2) is 67.4 Å². The van der Waals surface area contributed by atoms with E-state index < -0.39 is 0 Å². The fourth-order valence-electron chi connectivity index (χ4n) is 4.15. The van der Waals surface area contributed by atoms with Gasteiger partial charge in [0.1, 0.15) is 12.1 Å². The van der Waals surface area contributed by atoms with E-state index >= 15 is 0 Å². The SMILES string of the molecule is CNc1ncc2cc(-c3c(C)ccc4c(Nc5ccc6nc[nH]c6c5)ncnc34)ccc2n1. The van der Waals surface area contributed by atoms with Gasteiger partial charge in [0, 0.05) is 35.3 Å². The van der Waals surface area contributed by atoms with Crippen molar-refractivity contribution in [3.05, 3.63) is 72.9 Å². The Morgan fingerprint density at radius 1 is 0.879 bits per heavy atom. The molecule has 33 heavy (non-hydrogen) atoms. The van der Waals surface area contributed by atoms with Crippen LogP contribution in [0, 0.1) is 6.92 Å². The number of imidazole rings is 1. The van der Waals surface area contributed by atoms with Crippen molar-refractivity contribution in [3.8, 4) is 11.1 Å². The number of aromatic amines is 1. The number of H-pyrrole nitrogens is 1. The maximum Gasteiger partial charge on any atom is 0.222 e. The summed E-state index contributed by atoms with van der Waals surface area (Å²) >= 11 is 0. The van der Waals surface area contributed by atoms with E-state index in [0.29, 0.717) is 5.95 Å². The van der Waals surface area contributed by atoms with Crippen LogP contribution in [0.3, 0.4) is 0 Å². The lowest BCUT2D eigenvalue weighted by Crippen LogP contribution is -1.98. The number of anilines is 3. The minimum atomic E-state index is 0.605. The van der Waals surface area contributed by atoms with Gasteiger partial charge in [-0.25, -0.2) is 24.9 Å². The van der Waals surface area contributed by atoms with Gasteiger partial charge in [0.25, 0.3) is 0 Å². The Bertz CT molecular complexity index is 1650. The molecule has 160 valence electrons. The van der Waals surface area contributed by atoms with Crippen molar-refractivity contribution in [2.24, 2.45) is 0 Å². The summed E-state index contributed by atoms with van der Waals surface area (Å²) < 4.78 is 0. The summed E-state index contributed by atoms with van der Waals surface area (Å²) in [4.78, 5) is 25.5. The van der Waals surface area contributed by atoms with Crippen molar-refractivity contribution < 1.29 is 0 Å². The molecule has 0 aliphatic rings.